The third-order valence-corrected chi connectivity index (χ3v) is 4.70. The maximum atomic E-state index is 13.6. The number of hydrogen-bond acceptors (Lipinski definition) is 0. The van der Waals surface area contributed by atoms with Gasteiger partial charge in [-0.3, -0.25) is 0 Å². The largest absolute Gasteiger partial charge is 0.390 e. The molecule has 0 aromatic rings. The molecule has 0 spiro atoms. The second-order valence-corrected chi connectivity index (χ2v) is 7.18. The molecule has 0 saturated heterocycles. The van der Waals surface area contributed by atoms with Gasteiger partial charge in [0.05, 0.1) is 0 Å². The molecule has 0 fully saturated rings. The van der Waals surface area contributed by atoms with Crippen molar-refractivity contribution in [2.75, 3.05) is 0 Å². The van der Waals surface area contributed by atoms with Gasteiger partial charge < -0.3 is 0 Å². The van der Waals surface area contributed by atoms with Gasteiger partial charge in [0.15, 0.2) is 0 Å². The lowest BCUT2D eigenvalue weighted by Gasteiger charge is -2.45. The summed E-state index contributed by atoms with van der Waals surface area (Å²) in [7, 11) is 0. The van der Waals surface area contributed by atoms with Crippen LogP contribution in [0.4, 0.5) is 105 Å². The van der Waals surface area contributed by atoms with E-state index in [2.05, 4.69) is 12.8 Å². The van der Waals surface area contributed by atoms with Gasteiger partial charge >= 0.3 is 71.1 Å². The zero-order valence-corrected chi connectivity index (χ0v) is 17.2. The van der Waals surface area contributed by atoms with E-state index in [9.17, 15) is 105 Å². The molecule has 0 aromatic carbocycles. The van der Waals surface area contributed by atoms with E-state index in [1.165, 1.54) is 0 Å². The molecule has 0 radical (unpaired) electrons. The number of rotatable bonds is 11. The Morgan fingerprint density at radius 1 is 0.225 bits per heavy atom. The van der Waals surface area contributed by atoms with E-state index in [1.54, 1.807) is 0 Å². The molecule has 0 N–H and O–H groups in total. The predicted molar refractivity (Wildman–Crippen MR) is 77.0 cm³/mol. The highest BCUT2D eigenvalue weighted by Crippen LogP contribution is 2.67. The average Bonchev–Trinajstić information content (AvgIpc) is 2.77. The minimum atomic E-state index is -9.53. The third kappa shape index (κ3) is 4.01. The molecule has 40 heavy (non-hydrogen) atoms. The molecular formula is C16H2F24. The van der Waals surface area contributed by atoms with E-state index < -0.39 is 82.9 Å². The second-order valence-electron chi connectivity index (χ2n) is 7.18. The van der Waals surface area contributed by atoms with Gasteiger partial charge in [-0.1, -0.05) is 0 Å². The first-order valence-corrected chi connectivity index (χ1v) is 8.36. The lowest BCUT2D eigenvalue weighted by atomic mass is 9.84. The van der Waals surface area contributed by atoms with E-state index in [0.29, 0.717) is 0 Å². The number of hydrogen-bond donors (Lipinski definition) is 0. The van der Waals surface area contributed by atoms with E-state index in [-0.39, 0.29) is 0 Å². The fourth-order valence-electron chi connectivity index (χ4n) is 2.15. The first-order chi connectivity index (χ1) is 16.9. The SMILES string of the molecule is C#CC(F)(F)C(F)(F)C(F)(F)C(F)(F)C(F)(F)C(F)(F)C(F)(F)C(F)(F)C(F)(F)C(F)(F)C(F)(F)C(F)(F)C#C. The fraction of sp³-hybridized carbons (Fsp3) is 0.750. The summed E-state index contributed by atoms with van der Waals surface area (Å²) in [5, 5.41) is 0. The van der Waals surface area contributed by atoms with Gasteiger partial charge in [-0.25, -0.2) is 0 Å². The first-order valence-electron chi connectivity index (χ1n) is 8.36. The molecule has 0 aliphatic heterocycles. The van der Waals surface area contributed by atoms with Crippen LogP contribution in [0.1, 0.15) is 0 Å². The molecule has 24 heteroatoms. The Morgan fingerprint density at radius 2 is 0.325 bits per heavy atom. The van der Waals surface area contributed by atoms with Crippen LogP contribution in [-0.2, 0) is 0 Å². The first kappa shape index (κ1) is 37.4. The maximum absolute atomic E-state index is 13.6. The summed E-state index contributed by atoms with van der Waals surface area (Å²) in [6.07, 6.45) is 7.05. The van der Waals surface area contributed by atoms with Crippen molar-refractivity contribution < 1.29 is 105 Å². The summed E-state index contributed by atoms with van der Waals surface area (Å²) in [5.74, 6) is -106. The van der Waals surface area contributed by atoms with Gasteiger partial charge in [0.2, 0.25) is 0 Å². The van der Waals surface area contributed by atoms with Crippen LogP contribution in [0.3, 0.4) is 0 Å². The Labute approximate surface area is 202 Å². The van der Waals surface area contributed by atoms with Crippen LogP contribution in [-0.4, -0.2) is 71.1 Å². The minimum Gasteiger partial charge on any atom is -0.192 e. The van der Waals surface area contributed by atoms with E-state index in [4.69, 9.17) is 0 Å². The molecule has 0 unspecified atom stereocenters. The van der Waals surface area contributed by atoms with Crippen LogP contribution in [0.15, 0.2) is 0 Å². The van der Waals surface area contributed by atoms with Crippen LogP contribution < -0.4 is 0 Å². The molecule has 234 valence electrons. The molecule has 0 bridgehead atoms. The molecule has 0 saturated carbocycles. The quantitative estimate of drug-likeness (QED) is 0.158. The summed E-state index contributed by atoms with van der Waals surface area (Å²) >= 11 is 0. The van der Waals surface area contributed by atoms with E-state index in [1.807, 2.05) is 0 Å². The van der Waals surface area contributed by atoms with Crippen molar-refractivity contribution in [1.29, 1.82) is 0 Å². The molecule has 0 aliphatic rings. The second kappa shape index (κ2) is 8.97. The van der Waals surface area contributed by atoms with Crippen LogP contribution >= 0.6 is 0 Å². The third-order valence-electron chi connectivity index (χ3n) is 4.70. The van der Waals surface area contributed by atoms with Crippen LogP contribution in [0.25, 0.3) is 0 Å². The Hall–Kier alpha value is -2.56. The standard InChI is InChI=1S/C16H2F24/c1-3-5(17,18)7(21,22)9(25,26)11(29,30)13(33,34)15(37,38)16(39,40)14(35,36)12(31,32)10(27,28)8(23,24)6(19,20)4-2/h1-2H. The lowest BCUT2D eigenvalue weighted by Crippen LogP contribution is -2.78. The lowest BCUT2D eigenvalue weighted by molar-refractivity contribution is -0.476. The van der Waals surface area contributed by atoms with Crippen molar-refractivity contribution in [3.8, 4) is 24.7 Å². The maximum Gasteiger partial charge on any atom is 0.390 e. The van der Waals surface area contributed by atoms with Gasteiger partial charge in [-0.15, -0.1) is 12.8 Å². The van der Waals surface area contributed by atoms with Crippen molar-refractivity contribution in [3.05, 3.63) is 0 Å². The topological polar surface area (TPSA) is 0 Å². The highest BCUT2D eigenvalue weighted by molar-refractivity contribution is 5.23. The number of halogens is 24. The van der Waals surface area contributed by atoms with E-state index in [0.717, 1.165) is 0 Å². The summed E-state index contributed by atoms with van der Waals surface area (Å²) < 4.78 is 319. The van der Waals surface area contributed by atoms with Crippen molar-refractivity contribution in [1.82, 2.24) is 0 Å². The summed E-state index contributed by atoms with van der Waals surface area (Å²) in [6, 6.07) is 0. The van der Waals surface area contributed by atoms with Crippen molar-refractivity contribution in [2.24, 2.45) is 0 Å². The van der Waals surface area contributed by atoms with Crippen molar-refractivity contribution in [2.45, 2.75) is 71.1 Å². The molecular weight excluding hydrogens is 648 g/mol. The summed E-state index contributed by atoms with van der Waals surface area (Å²) in [4.78, 5) is 0. The zero-order chi connectivity index (χ0) is 33.4. The molecule has 0 atom stereocenters. The van der Waals surface area contributed by atoms with Gasteiger partial charge in [0.25, 0.3) is 0 Å². The number of terminal acetylenes is 2. The van der Waals surface area contributed by atoms with Gasteiger partial charge in [0.1, 0.15) is 0 Å². The van der Waals surface area contributed by atoms with Gasteiger partial charge in [0, 0.05) is 0 Å². The summed E-state index contributed by atoms with van der Waals surface area (Å²) in [6.45, 7) is 0. The predicted octanol–water partition coefficient (Wildman–Crippen LogP) is 7.88. The number of alkyl halides is 24. The van der Waals surface area contributed by atoms with Crippen molar-refractivity contribution >= 4 is 0 Å². The summed E-state index contributed by atoms with van der Waals surface area (Å²) in [5.41, 5.74) is 0. The molecule has 0 nitrogen and oxygen atoms in total. The highest BCUT2D eigenvalue weighted by atomic mass is 19.4. The molecule has 0 aromatic heterocycles. The van der Waals surface area contributed by atoms with Crippen LogP contribution in [0.2, 0.25) is 0 Å². The smallest absolute Gasteiger partial charge is 0.192 e. The average molecular weight is 650 g/mol. The minimum absolute atomic E-state index is 0.754. The van der Waals surface area contributed by atoms with Gasteiger partial charge in [-0.05, 0) is 11.8 Å². The Kier molecular flexibility index (Phi) is 8.39. The molecule has 0 heterocycles. The monoisotopic (exact) mass is 650 g/mol. The fourth-order valence-corrected chi connectivity index (χ4v) is 2.15. The van der Waals surface area contributed by atoms with Crippen LogP contribution in [0.5, 0.6) is 0 Å². The Bertz CT molecular complexity index is 962. The highest BCUT2D eigenvalue weighted by Gasteiger charge is 2.99. The van der Waals surface area contributed by atoms with Crippen LogP contribution in [0, 0.1) is 24.7 Å². The Morgan fingerprint density at radius 3 is 0.425 bits per heavy atom. The molecule has 0 amide bonds. The molecule has 0 aliphatic carbocycles. The van der Waals surface area contributed by atoms with E-state index >= 15 is 0 Å². The molecule has 0 rings (SSSR count). The van der Waals surface area contributed by atoms with Gasteiger partial charge in [-0.2, -0.15) is 105 Å². The normalized spacial score (nSPS) is 16.4. The zero-order valence-electron chi connectivity index (χ0n) is 17.2. The Balaban J connectivity index is 7.39. The van der Waals surface area contributed by atoms with Crippen molar-refractivity contribution in [3.63, 3.8) is 0 Å².